The maximum atomic E-state index is 13.3. The summed E-state index contributed by atoms with van der Waals surface area (Å²) in [6, 6.07) is 14.2. The summed E-state index contributed by atoms with van der Waals surface area (Å²) in [5, 5.41) is 6.53. The second-order valence-corrected chi connectivity index (χ2v) is 7.17. The lowest BCUT2D eigenvalue weighted by molar-refractivity contribution is 0.0689. The van der Waals surface area contributed by atoms with Gasteiger partial charge in [-0.25, -0.2) is 0 Å². The summed E-state index contributed by atoms with van der Waals surface area (Å²) < 4.78 is 0. The minimum atomic E-state index is 0. The predicted molar refractivity (Wildman–Crippen MR) is 121 cm³/mol. The Morgan fingerprint density at radius 2 is 1.82 bits per heavy atom. The van der Waals surface area contributed by atoms with Gasteiger partial charge in [-0.3, -0.25) is 9.78 Å². The first kappa shape index (κ1) is 22.4. The van der Waals surface area contributed by atoms with Gasteiger partial charge in [0.25, 0.3) is 5.91 Å². The van der Waals surface area contributed by atoms with E-state index in [0.717, 1.165) is 65.6 Å². The predicted octanol–water partition coefficient (Wildman–Crippen LogP) is 4.69. The van der Waals surface area contributed by atoms with Crippen LogP contribution in [-0.2, 0) is 0 Å². The van der Waals surface area contributed by atoms with Crippen LogP contribution >= 0.6 is 24.8 Å². The molecule has 4 nitrogen and oxygen atoms in total. The molecule has 28 heavy (non-hydrogen) atoms. The largest absolute Gasteiger partial charge is 0.339 e. The smallest absolute Gasteiger partial charge is 0.256 e. The zero-order valence-corrected chi connectivity index (χ0v) is 17.7. The molecule has 1 fully saturated rings. The Kier molecular flexibility index (Phi) is 8.05. The van der Waals surface area contributed by atoms with Crippen molar-refractivity contribution >= 4 is 52.4 Å². The highest BCUT2D eigenvalue weighted by atomic mass is 35.5. The molecule has 0 aliphatic carbocycles. The van der Waals surface area contributed by atoms with Crippen molar-refractivity contribution in [2.24, 2.45) is 5.92 Å². The Morgan fingerprint density at radius 3 is 2.57 bits per heavy atom. The molecular weight excluding hydrogens is 393 g/mol. The molecule has 1 aliphatic heterocycles. The van der Waals surface area contributed by atoms with Crippen LogP contribution in [0.25, 0.3) is 21.7 Å². The summed E-state index contributed by atoms with van der Waals surface area (Å²) in [6.45, 7) is 2.74. The van der Waals surface area contributed by atoms with Crippen molar-refractivity contribution in [2.75, 3.05) is 26.7 Å². The first-order valence-corrected chi connectivity index (χ1v) is 9.48. The molecule has 0 unspecified atom stereocenters. The molecule has 1 saturated heterocycles. The number of halogens is 2. The topological polar surface area (TPSA) is 45.2 Å². The van der Waals surface area contributed by atoms with Gasteiger partial charge in [-0.05, 0) is 61.7 Å². The third kappa shape index (κ3) is 4.40. The first-order valence-electron chi connectivity index (χ1n) is 9.48. The summed E-state index contributed by atoms with van der Waals surface area (Å²) in [6.07, 6.45) is 5.15. The van der Waals surface area contributed by atoms with Crippen LogP contribution in [0.5, 0.6) is 0 Å². The molecule has 1 N–H and O–H groups in total. The molecule has 1 amide bonds. The monoisotopic (exact) mass is 419 g/mol. The van der Waals surface area contributed by atoms with E-state index in [9.17, 15) is 4.79 Å². The second-order valence-electron chi connectivity index (χ2n) is 7.17. The molecule has 2 heterocycles. The van der Waals surface area contributed by atoms with Crippen LogP contribution in [0, 0.1) is 5.92 Å². The van der Waals surface area contributed by atoms with Crippen molar-refractivity contribution < 1.29 is 4.79 Å². The summed E-state index contributed by atoms with van der Waals surface area (Å²) in [7, 11) is 2.00. The number of carbonyl (C=O) groups excluding carboxylic acids is 1. The highest BCUT2D eigenvalue weighted by Gasteiger charge is 2.25. The molecule has 6 heteroatoms. The normalized spacial score (nSPS) is 14.5. The van der Waals surface area contributed by atoms with Gasteiger partial charge in [0.15, 0.2) is 0 Å². The molecule has 150 valence electrons. The average Bonchev–Trinajstić information content (AvgIpc) is 2.71. The van der Waals surface area contributed by atoms with E-state index in [1.165, 1.54) is 6.42 Å². The quantitative estimate of drug-likeness (QED) is 0.623. The third-order valence-electron chi connectivity index (χ3n) is 5.55. The Bertz CT molecular complexity index is 939. The van der Waals surface area contributed by atoms with Crippen molar-refractivity contribution in [1.29, 1.82) is 0 Å². The number of pyridine rings is 1. The molecule has 0 saturated carbocycles. The number of aromatic nitrogens is 1. The SMILES string of the molecule is CNCCC1CCN(C(=O)c2cc3ccccc3c3cccnc23)CC1.Cl.Cl. The Balaban J connectivity index is 0.00000140. The lowest BCUT2D eigenvalue weighted by Gasteiger charge is -2.32. The van der Waals surface area contributed by atoms with Gasteiger partial charge in [-0.2, -0.15) is 0 Å². The van der Waals surface area contributed by atoms with Crippen molar-refractivity contribution in [1.82, 2.24) is 15.2 Å². The average molecular weight is 420 g/mol. The van der Waals surface area contributed by atoms with Crippen LogP contribution in [-0.4, -0.2) is 42.5 Å². The molecule has 0 bridgehead atoms. The summed E-state index contributed by atoms with van der Waals surface area (Å²) in [4.78, 5) is 19.8. The number of carbonyl (C=O) groups is 1. The lowest BCUT2D eigenvalue weighted by Crippen LogP contribution is -2.39. The molecule has 4 rings (SSSR count). The van der Waals surface area contributed by atoms with Crippen LogP contribution in [0.4, 0.5) is 0 Å². The molecule has 0 atom stereocenters. The number of piperidine rings is 1. The number of benzene rings is 2. The summed E-state index contributed by atoms with van der Waals surface area (Å²) >= 11 is 0. The number of hydrogen-bond donors (Lipinski definition) is 1. The van der Waals surface area contributed by atoms with E-state index >= 15 is 0 Å². The van der Waals surface area contributed by atoms with E-state index in [1.54, 1.807) is 6.20 Å². The summed E-state index contributed by atoms with van der Waals surface area (Å²) in [5.74, 6) is 0.837. The van der Waals surface area contributed by atoms with Crippen LogP contribution in [0.2, 0.25) is 0 Å². The Labute approximate surface area is 178 Å². The van der Waals surface area contributed by atoms with Crippen LogP contribution in [0.3, 0.4) is 0 Å². The summed E-state index contributed by atoms with van der Waals surface area (Å²) in [5.41, 5.74) is 1.54. The molecule has 0 spiro atoms. The molecule has 3 aromatic rings. The number of nitrogens with one attached hydrogen (secondary N) is 1. The Morgan fingerprint density at radius 1 is 1.11 bits per heavy atom. The first-order chi connectivity index (χ1) is 12.8. The van der Waals surface area contributed by atoms with E-state index in [2.05, 4.69) is 28.5 Å². The number of likely N-dealkylation sites (tertiary alicyclic amines) is 1. The number of fused-ring (bicyclic) bond motifs is 3. The van der Waals surface area contributed by atoms with Gasteiger partial charge in [0, 0.05) is 24.7 Å². The fraction of sp³-hybridized carbons (Fsp3) is 0.364. The van der Waals surface area contributed by atoms with E-state index in [0.29, 0.717) is 0 Å². The molecular formula is C22H27Cl2N3O. The second kappa shape index (κ2) is 10.1. The highest BCUT2D eigenvalue weighted by Crippen LogP contribution is 2.29. The molecule has 2 aromatic carbocycles. The van der Waals surface area contributed by atoms with E-state index in [-0.39, 0.29) is 30.7 Å². The minimum Gasteiger partial charge on any atom is -0.339 e. The number of hydrogen-bond acceptors (Lipinski definition) is 3. The van der Waals surface area contributed by atoms with Gasteiger partial charge in [0.05, 0.1) is 11.1 Å². The van der Waals surface area contributed by atoms with Crippen molar-refractivity contribution in [3.8, 4) is 0 Å². The zero-order valence-electron chi connectivity index (χ0n) is 16.1. The molecule has 1 aliphatic rings. The van der Waals surface area contributed by atoms with Gasteiger partial charge >= 0.3 is 0 Å². The van der Waals surface area contributed by atoms with Gasteiger partial charge in [0.1, 0.15) is 0 Å². The third-order valence-corrected chi connectivity index (χ3v) is 5.55. The minimum absolute atomic E-state index is 0. The highest BCUT2D eigenvalue weighted by molar-refractivity contribution is 6.15. The zero-order chi connectivity index (χ0) is 17.9. The molecule has 0 radical (unpaired) electrons. The lowest BCUT2D eigenvalue weighted by atomic mass is 9.92. The van der Waals surface area contributed by atoms with E-state index < -0.39 is 0 Å². The van der Waals surface area contributed by atoms with Crippen molar-refractivity contribution in [3.63, 3.8) is 0 Å². The van der Waals surface area contributed by atoms with Crippen LogP contribution < -0.4 is 5.32 Å². The van der Waals surface area contributed by atoms with Gasteiger partial charge in [0.2, 0.25) is 0 Å². The van der Waals surface area contributed by atoms with Crippen LogP contribution in [0.15, 0.2) is 48.7 Å². The number of amides is 1. The van der Waals surface area contributed by atoms with Crippen molar-refractivity contribution in [2.45, 2.75) is 19.3 Å². The number of nitrogens with zero attached hydrogens (tertiary/aromatic N) is 2. The fourth-order valence-corrected chi connectivity index (χ4v) is 4.04. The van der Waals surface area contributed by atoms with Gasteiger partial charge in [-0.1, -0.05) is 30.3 Å². The fourth-order valence-electron chi connectivity index (χ4n) is 4.04. The van der Waals surface area contributed by atoms with Gasteiger partial charge < -0.3 is 10.2 Å². The Hall–Kier alpha value is -1.88. The molecule has 1 aromatic heterocycles. The standard InChI is InChI=1S/C22H25N3O.2ClH/c1-23-12-8-16-9-13-25(14-10-16)22(26)20-15-17-5-2-3-6-18(17)19-7-4-11-24-21(19)20;;/h2-7,11,15-16,23H,8-10,12-14H2,1H3;2*1H. The van der Waals surface area contributed by atoms with Crippen LogP contribution in [0.1, 0.15) is 29.6 Å². The maximum Gasteiger partial charge on any atom is 0.256 e. The van der Waals surface area contributed by atoms with E-state index in [4.69, 9.17) is 0 Å². The van der Waals surface area contributed by atoms with Crippen molar-refractivity contribution in [3.05, 3.63) is 54.2 Å². The van der Waals surface area contributed by atoms with Gasteiger partial charge in [-0.15, -0.1) is 24.8 Å². The maximum absolute atomic E-state index is 13.3. The number of rotatable bonds is 4. The van der Waals surface area contributed by atoms with E-state index in [1.807, 2.05) is 36.2 Å².